The van der Waals surface area contributed by atoms with Crippen LogP contribution in [-0.4, -0.2) is 55.3 Å². The Bertz CT molecular complexity index is 584. The summed E-state index contributed by atoms with van der Waals surface area (Å²) in [6.07, 6.45) is 1.25. The second-order valence-electron chi connectivity index (χ2n) is 6.69. The molecule has 126 valence electrons. The number of nitrogens with zero attached hydrogens (tertiary/aromatic N) is 2. The van der Waals surface area contributed by atoms with Crippen molar-refractivity contribution in [2.75, 3.05) is 39.0 Å². The molecule has 0 saturated carbocycles. The van der Waals surface area contributed by atoms with Crippen LogP contribution in [0.3, 0.4) is 0 Å². The van der Waals surface area contributed by atoms with Crippen molar-refractivity contribution in [3.63, 3.8) is 0 Å². The van der Waals surface area contributed by atoms with E-state index in [1.54, 1.807) is 0 Å². The minimum absolute atomic E-state index is 0.0586. The lowest BCUT2D eigenvalue weighted by Crippen LogP contribution is -2.30. The van der Waals surface area contributed by atoms with E-state index in [9.17, 15) is 9.59 Å². The van der Waals surface area contributed by atoms with Gasteiger partial charge in [0.05, 0.1) is 5.92 Å². The van der Waals surface area contributed by atoms with Gasteiger partial charge in [-0.15, -0.1) is 0 Å². The van der Waals surface area contributed by atoms with E-state index in [2.05, 4.69) is 10.2 Å². The number of hydrogen-bond acceptors (Lipinski definition) is 3. The van der Waals surface area contributed by atoms with Gasteiger partial charge in [-0.3, -0.25) is 9.59 Å². The fraction of sp³-hybridized carbons (Fsp3) is 0.556. The van der Waals surface area contributed by atoms with Crippen LogP contribution in [0.4, 0.5) is 5.69 Å². The lowest BCUT2D eigenvalue weighted by Gasteiger charge is -2.18. The van der Waals surface area contributed by atoms with Gasteiger partial charge in [0, 0.05) is 25.2 Å². The third-order valence-electron chi connectivity index (χ3n) is 4.39. The standard InChI is InChI=1S/C18H27N3O2/c1-13-6-7-16(10-14(13)2)19-18(23)15-11-17(22)21(12-15)9-5-8-20(3)4/h6-7,10,15H,5,8-9,11-12H2,1-4H3,(H,19,23). The molecule has 0 radical (unpaired) electrons. The molecular formula is C18H27N3O2. The Hall–Kier alpha value is -1.88. The fourth-order valence-corrected chi connectivity index (χ4v) is 2.81. The second kappa shape index (κ2) is 7.59. The number of nitrogens with one attached hydrogen (secondary N) is 1. The zero-order valence-corrected chi connectivity index (χ0v) is 14.6. The van der Waals surface area contributed by atoms with E-state index in [0.717, 1.165) is 30.8 Å². The maximum Gasteiger partial charge on any atom is 0.229 e. The van der Waals surface area contributed by atoms with Gasteiger partial charge in [0.25, 0.3) is 0 Å². The highest BCUT2D eigenvalue weighted by molar-refractivity contribution is 5.97. The van der Waals surface area contributed by atoms with Crippen LogP contribution >= 0.6 is 0 Å². The van der Waals surface area contributed by atoms with Crippen LogP contribution < -0.4 is 5.32 Å². The molecule has 2 rings (SSSR count). The molecule has 2 amide bonds. The monoisotopic (exact) mass is 317 g/mol. The van der Waals surface area contributed by atoms with Crippen LogP contribution in [0.1, 0.15) is 24.0 Å². The lowest BCUT2D eigenvalue weighted by atomic mass is 10.1. The van der Waals surface area contributed by atoms with Gasteiger partial charge in [0.2, 0.25) is 11.8 Å². The number of carbonyl (C=O) groups is 2. The summed E-state index contributed by atoms with van der Waals surface area (Å²) in [7, 11) is 4.04. The molecule has 1 aromatic rings. The molecule has 5 nitrogen and oxygen atoms in total. The van der Waals surface area contributed by atoms with Crippen LogP contribution in [0.5, 0.6) is 0 Å². The SMILES string of the molecule is Cc1ccc(NC(=O)C2CC(=O)N(CCCN(C)C)C2)cc1C. The summed E-state index contributed by atoms with van der Waals surface area (Å²) in [5.41, 5.74) is 3.15. The number of likely N-dealkylation sites (tertiary alicyclic amines) is 1. The van der Waals surface area contributed by atoms with Crippen molar-refractivity contribution in [2.24, 2.45) is 5.92 Å². The zero-order chi connectivity index (χ0) is 17.0. The minimum Gasteiger partial charge on any atom is -0.342 e. The van der Waals surface area contributed by atoms with Crippen LogP contribution in [0.25, 0.3) is 0 Å². The Morgan fingerprint density at radius 2 is 2.04 bits per heavy atom. The van der Waals surface area contributed by atoms with Crippen molar-refractivity contribution in [3.8, 4) is 0 Å². The van der Waals surface area contributed by atoms with Crippen molar-refractivity contribution < 1.29 is 9.59 Å². The Morgan fingerprint density at radius 3 is 2.70 bits per heavy atom. The van der Waals surface area contributed by atoms with Crippen LogP contribution in [0.15, 0.2) is 18.2 Å². The van der Waals surface area contributed by atoms with E-state index in [4.69, 9.17) is 0 Å². The Labute approximate surface area is 138 Å². The first-order valence-corrected chi connectivity index (χ1v) is 8.17. The maximum absolute atomic E-state index is 12.4. The molecular weight excluding hydrogens is 290 g/mol. The number of aryl methyl sites for hydroxylation is 2. The highest BCUT2D eigenvalue weighted by Gasteiger charge is 2.33. The summed E-state index contributed by atoms with van der Waals surface area (Å²) in [6.45, 7) is 6.27. The molecule has 1 aliphatic heterocycles. The summed E-state index contributed by atoms with van der Waals surface area (Å²) < 4.78 is 0. The number of hydrogen-bond donors (Lipinski definition) is 1. The van der Waals surface area contributed by atoms with Gasteiger partial charge in [0.1, 0.15) is 0 Å². The average molecular weight is 317 g/mol. The van der Waals surface area contributed by atoms with Crippen LogP contribution in [0.2, 0.25) is 0 Å². The first kappa shape index (κ1) is 17.5. The summed E-state index contributed by atoms with van der Waals surface area (Å²) in [5, 5.41) is 2.94. The molecule has 23 heavy (non-hydrogen) atoms. The van der Waals surface area contributed by atoms with Crippen molar-refractivity contribution in [3.05, 3.63) is 29.3 Å². The number of amides is 2. The molecule has 5 heteroatoms. The zero-order valence-electron chi connectivity index (χ0n) is 14.6. The van der Waals surface area contributed by atoms with E-state index < -0.39 is 0 Å². The number of benzene rings is 1. The summed E-state index contributed by atoms with van der Waals surface area (Å²) in [6, 6.07) is 5.88. The van der Waals surface area contributed by atoms with Gasteiger partial charge in [-0.25, -0.2) is 0 Å². The largest absolute Gasteiger partial charge is 0.342 e. The minimum atomic E-state index is -0.247. The third kappa shape index (κ3) is 4.79. The van der Waals surface area contributed by atoms with Gasteiger partial charge >= 0.3 is 0 Å². The van der Waals surface area contributed by atoms with Gasteiger partial charge in [-0.2, -0.15) is 0 Å². The van der Waals surface area contributed by atoms with E-state index in [-0.39, 0.29) is 17.7 Å². The third-order valence-corrected chi connectivity index (χ3v) is 4.39. The topological polar surface area (TPSA) is 52.7 Å². The molecule has 0 aromatic heterocycles. The Balaban J connectivity index is 1.88. The molecule has 0 aliphatic carbocycles. The molecule has 1 N–H and O–H groups in total. The van der Waals surface area contributed by atoms with E-state index >= 15 is 0 Å². The first-order chi connectivity index (χ1) is 10.9. The predicted molar refractivity (Wildman–Crippen MR) is 92.4 cm³/mol. The highest BCUT2D eigenvalue weighted by atomic mass is 16.2. The van der Waals surface area contributed by atoms with Crippen LogP contribution in [0, 0.1) is 19.8 Å². The van der Waals surface area contributed by atoms with E-state index in [1.165, 1.54) is 5.56 Å². The lowest BCUT2D eigenvalue weighted by molar-refractivity contribution is -0.128. The Morgan fingerprint density at radius 1 is 1.30 bits per heavy atom. The molecule has 1 fully saturated rings. The van der Waals surface area contributed by atoms with Crippen molar-refractivity contribution in [1.82, 2.24) is 9.80 Å². The van der Waals surface area contributed by atoms with Crippen molar-refractivity contribution in [1.29, 1.82) is 0 Å². The summed E-state index contributed by atoms with van der Waals surface area (Å²) in [4.78, 5) is 28.3. The second-order valence-corrected chi connectivity index (χ2v) is 6.69. The highest BCUT2D eigenvalue weighted by Crippen LogP contribution is 2.21. The van der Waals surface area contributed by atoms with Crippen molar-refractivity contribution >= 4 is 17.5 Å². The number of rotatable bonds is 6. The number of anilines is 1. The van der Waals surface area contributed by atoms with Gasteiger partial charge in [0.15, 0.2) is 0 Å². The smallest absolute Gasteiger partial charge is 0.229 e. The summed E-state index contributed by atoms with van der Waals surface area (Å²) in [5.74, 6) is -0.218. The molecule has 1 saturated heterocycles. The van der Waals surface area contributed by atoms with Crippen molar-refractivity contribution in [2.45, 2.75) is 26.7 Å². The van der Waals surface area contributed by atoms with Gasteiger partial charge < -0.3 is 15.1 Å². The fourth-order valence-electron chi connectivity index (χ4n) is 2.81. The average Bonchev–Trinajstić information content (AvgIpc) is 2.84. The molecule has 1 aromatic carbocycles. The number of carbonyl (C=O) groups excluding carboxylic acids is 2. The molecule has 1 atom stereocenters. The van der Waals surface area contributed by atoms with Crippen LogP contribution in [-0.2, 0) is 9.59 Å². The molecule has 0 bridgehead atoms. The summed E-state index contributed by atoms with van der Waals surface area (Å²) >= 11 is 0. The van der Waals surface area contributed by atoms with Gasteiger partial charge in [-0.05, 0) is 64.2 Å². The quantitative estimate of drug-likeness (QED) is 0.873. The first-order valence-electron chi connectivity index (χ1n) is 8.17. The predicted octanol–water partition coefficient (Wildman–Crippen LogP) is 2.04. The Kier molecular flexibility index (Phi) is 5.77. The van der Waals surface area contributed by atoms with E-state index in [0.29, 0.717) is 13.0 Å². The normalized spacial score (nSPS) is 17.9. The van der Waals surface area contributed by atoms with E-state index in [1.807, 2.05) is 51.0 Å². The molecule has 1 aliphatic rings. The molecule has 0 spiro atoms. The van der Waals surface area contributed by atoms with Gasteiger partial charge in [-0.1, -0.05) is 6.07 Å². The molecule has 1 heterocycles. The molecule has 1 unspecified atom stereocenters. The maximum atomic E-state index is 12.4.